The summed E-state index contributed by atoms with van der Waals surface area (Å²) < 4.78 is 4.93. The van der Waals surface area contributed by atoms with Crippen LogP contribution < -0.4 is 5.32 Å². The van der Waals surface area contributed by atoms with Crippen LogP contribution in [0.5, 0.6) is 0 Å². The Bertz CT molecular complexity index is 950. The lowest BCUT2D eigenvalue weighted by Gasteiger charge is -2.05. The average Bonchev–Trinajstić information content (AvgIpc) is 2.74. The van der Waals surface area contributed by atoms with Crippen molar-refractivity contribution in [2.24, 2.45) is 0 Å². The molecular weight excluding hydrogens is 388 g/mol. The van der Waals surface area contributed by atoms with Crippen LogP contribution in [0.2, 0.25) is 0 Å². The second-order valence-electron chi connectivity index (χ2n) is 6.46. The zero-order chi connectivity index (χ0) is 21.9. The number of hydrogen-bond donors (Lipinski definition) is 1. The quantitative estimate of drug-likeness (QED) is 0.161. The molecule has 0 saturated heterocycles. The van der Waals surface area contributed by atoms with Gasteiger partial charge in [0.25, 0.3) is 5.69 Å². The topological polar surface area (TPSA) is 116 Å². The molecule has 156 valence electrons. The molecule has 2 aromatic carbocycles. The summed E-state index contributed by atoms with van der Waals surface area (Å²) in [5, 5.41) is 13.7. The number of benzene rings is 2. The Balaban J connectivity index is 1.83. The standard InChI is InChI=1S/C22H22N2O6/c1-16(25)23-14-4-5-17-8-10-19(11-9-17)21(26)15-30-22(27)13-12-18-6-2-3-7-20(18)24(28)29/h2-3,6-13H,4-5,14-15H2,1H3,(H,23,25)/b13-12+. The predicted molar refractivity (Wildman–Crippen MR) is 111 cm³/mol. The molecule has 2 rings (SSSR count). The van der Waals surface area contributed by atoms with Crippen LogP contribution in [-0.4, -0.2) is 35.7 Å². The highest BCUT2D eigenvalue weighted by molar-refractivity contribution is 5.99. The highest BCUT2D eigenvalue weighted by Gasteiger charge is 2.11. The molecule has 0 atom stereocenters. The third-order valence-corrected chi connectivity index (χ3v) is 4.17. The number of nitro benzene ring substituents is 1. The van der Waals surface area contributed by atoms with Crippen molar-refractivity contribution >= 4 is 29.4 Å². The van der Waals surface area contributed by atoms with E-state index in [1.807, 2.05) is 12.1 Å². The largest absolute Gasteiger partial charge is 0.454 e. The molecule has 8 heteroatoms. The van der Waals surface area contributed by atoms with E-state index in [4.69, 9.17) is 4.74 Å². The van der Waals surface area contributed by atoms with Gasteiger partial charge in [0.1, 0.15) is 0 Å². The number of Topliss-reactive ketones (excluding diaryl/α,β-unsaturated/α-hetero) is 1. The highest BCUT2D eigenvalue weighted by Crippen LogP contribution is 2.18. The molecule has 0 aliphatic heterocycles. The molecule has 0 aromatic heterocycles. The van der Waals surface area contributed by atoms with Gasteiger partial charge in [-0.15, -0.1) is 0 Å². The lowest BCUT2D eigenvalue weighted by atomic mass is 10.1. The first-order chi connectivity index (χ1) is 14.4. The van der Waals surface area contributed by atoms with Gasteiger partial charge in [0.15, 0.2) is 12.4 Å². The summed E-state index contributed by atoms with van der Waals surface area (Å²) in [5.41, 5.74) is 1.58. The summed E-state index contributed by atoms with van der Waals surface area (Å²) in [6, 6.07) is 12.9. The van der Waals surface area contributed by atoms with E-state index in [0.717, 1.165) is 24.5 Å². The summed E-state index contributed by atoms with van der Waals surface area (Å²) >= 11 is 0. The summed E-state index contributed by atoms with van der Waals surface area (Å²) in [6.07, 6.45) is 3.88. The van der Waals surface area contributed by atoms with Gasteiger partial charge in [-0.3, -0.25) is 19.7 Å². The van der Waals surface area contributed by atoms with Crippen LogP contribution in [0.15, 0.2) is 54.6 Å². The Morgan fingerprint density at radius 3 is 2.47 bits per heavy atom. The summed E-state index contributed by atoms with van der Waals surface area (Å²) in [5.74, 6) is -1.19. The van der Waals surface area contributed by atoms with Crippen LogP contribution in [0.4, 0.5) is 5.69 Å². The van der Waals surface area contributed by atoms with Gasteiger partial charge in [-0.2, -0.15) is 0 Å². The van der Waals surface area contributed by atoms with Crippen molar-refractivity contribution in [3.05, 3.63) is 81.4 Å². The number of carbonyl (C=O) groups is 3. The Labute approximate surface area is 173 Å². The van der Waals surface area contributed by atoms with Gasteiger partial charge in [0.05, 0.1) is 10.5 Å². The number of esters is 1. The number of nitrogens with zero attached hydrogens (tertiary/aromatic N) is 1. The Morgan fingerprint density at radius 2 is 1.80 bits per heavy atom. The molecule has 8 nitrogen and oxygen atoms in total. The Kier molecular flexibility index (Phi) is 8.43. The zero-order valence-corrected chi connectivity index (χ0v) is 16.5. The minimum Gasteiger partial charge on any atom is -0.454 e. The van der Waals surface area contributed by atoms with E-state index in [1.54, 1.807) is 18.2 Å². The summed E-state index contributed by atoms with van der Waals surface area (Å²) in [4.78, 5) is 45.2. The first kappa shape index (κ1) is 22.5. The van der Waals surface area contributed by atoms with Gasteiger partial charge < -0.3 is 10.1 Å². The molecule has 0 unspecified atom stereocenters. The van der Waals surface area contributed by atoms with E-state index in [9.17, 15) is 24.5 Å². The minimum absolute atomic E-state index is 0.0673. The summed E-state index contributed by atoms with van der Waals surface area (Å²) in [7, 11) is 0. The van der Waals surface area contributed by atoms with Gasteiger partial charge >= 0.3 is 5.97 Å². The molecule has 0 radical (unpaired) electrons. The molecule has 0 bridgehead atoms. The van der Waals surface area contributed by atoms with E-state index >= 15 is 0 Å². The second kappa shape index (κ2) is 11.3. The number of nitro groups is 1. The van der Waals surface area contributed by atoms with Crippen molar-refractivity contribution in [3.63, 3.8) is 0 Å². The molecule has 1 N–H and O–H groups in total. The smallest absolute Gasteiger partial charge is 0.331 e. The third kappa shape index (κ3) is 7.31. The number of aryl methyl sites for hydroxylation is 1. The SMILES string of the molecule is CC(=O)NCCCc1ccc(C(=O)COC(=O)/C=C/c2ccccc2[N+](=O)[O-])cc1. The molecule has 0 saturated carbocycles. The van der Waals surface area contributed by atoms with Crippen molar-refractivity contribution in [3.8, 4) is 0 Å². The number of carbonyl (C=O) groups excluding carboxylic acids is 3. The molecular formula is C22H22N2O6. The Morgan fingerprint density at radius 1 is 1.10 bits per heavy atom. The fourth-order valence-corrected chi connectivity index (χ4v) is 2.63. The molecule has 0 aliphatic carbocycles. The van der Waals surface area contributed by atoms with Crippen molar-refractivity contribution in [1.29, 1.82) is 0 Å². The van der Waals surface area contributed by atoms with Crippen molar-refractivity contribution in [2.75, 3.05) is 13.2 Å². The van der Waals surface area contributed by atoms with Crippen LogP contribution in [-0.2, 0) is 20.7 Å². The van der Waals surface area contributed by atoms with Crippen LogP contribution in [0.1, 0.15) is 34.8 Å². The van der Waals surface area contributed by atoms with E-state index in [1.165, 1.54) is 31.2 Å². The van der Waals surface area contributed by atoms with Gasteiger partial charge in [-0.25, -0.2) is 4.79 Å². The van der Waals surface area contributed by atoms with E-state index < -0.39 is 17.5 Å². The average molecular weight is 410 g/mol. The maximum absolute atomic E-state index is 12.2. The van der Waals surface area contributed by atoms with Crippen LogP contribution in [0.25, 0.3) is 6.08 Å². The number of nitrogens with one attached hydrogen (secondary N) is 1. The maximum Gasteiger partial charge on any atom is 0.331 e. The molecule has 0 fully saturated rings. The summed E-state index contributed by atoms with van der Waals surface area (Å²) in [6.45, 7) is 1.63. The van der Waals surface area contributed by atoms with Crippen molar-refractivity contribution in [2.45, 2.75) is 19.8 Å². The number of ketones is 1. The fraction of sp³-hybridized carbons (Fsp3) is 0.227. The highest BCUT2D eigenvalue weighted by atomic mass is 16.6. The molecule has 30 heavy (non-hydrogen) atoms. The first-order valence-corrected chi connectivity index (χ1v) is 9.31. The van der Waals surface area contributed by atoms with Gasteiger partial charge in [-0.1, -0.05) is 36.4 Å². The molecule has 0 heterocycles. The van der Waals surface area contributed by atoms with Gasteiger partial charge in [-0.05, 0) is 30.5 Å². The molecule has 1 amide bonds. The van der Waals surface area contributed by atoms with Crippen molar-refractivity contribution in [1.82, 2.24) is 5.32 Å². The fourth-order valence-electron chi connectivity index (χ4n) is 2.63. The number of rotatable bonds is 10. The predicted octanol–water partition coefficient (Wildman–Crippen LogP) is 3.10. The number of amides is 1. The molecule has 2 aromatic rings. The third-order valence-electron chi connectivity index (χ3n) is 4.17. The number of para-hydroxylation sites is 1. The molecule has 0 aliphatic rings. The van der Waals surface area contributed by atoms with Crippen LogP contribution in [0, 0.1) is 10.1 Å². The van der Waals surface area contributed by atoms with Gasteiger partial charge in [0.2, 0.25) is 5.91 Å². The lowest BCUT2D eigenvalue weighted by molar-refractivity contribution is -0.385. The first-order valence-electron chi connectivity index (χ1n) is 9.31. The normalized spacial score (nSPS) is 10.6. The van der Waals surface area contributed by atoms with Crippen LogP contribution in [0.3, 0.4) is 0 Å². The number of ether oxygens (including phenoxy) is 1. The number of hydrogen-bond acceptors (Lipinski definition) is 6. The zero-order valence-electron chi connectivity index (χ0n) is 16.5. The second-order valence-corrected chi connectivity index (χ2v) is 6.46. The minimum atomic E-state index is -0.768. The van der Waals surface area contributed by atoms with Crippen LogP contribution >= 0.6 is 0 Å². The van der Waals surface area contributed by atoms with E-state index in [2.05, 4.69) is 5.32 Å². The monoisotopic (exact) mass is 410 g/mol. The lowest BCUT2D eigenvalue weighted by Crippen LogP contribution is -2.21. The Hall–Kier alpha value is -3.81. The molecule has 0 spiro atoms. The van der Waals surface area contributed by atoms with E-state index in [-0.39, 0.29) is 22.9 Å². The van der Waals surface area contributed by atoms with E-state index in [0.29, 0.717) is 12.1 Å². The van der Waals surface area contributed by atoms with Crippen molar-refractivity contribution < 1.29 is 24.0 Å². The van der Waals surface area contributed by atoms with Gasteiger partial charge in [0, 0.05) is 31.2 Å². The maximum atomic E-state index is 12.2.